The third-order valence-corrected chi connectivity index (χ3v) is 2.51. The molecule has 0 spiro atoms. The van der Waals surface area contributed by atoms with Gasteiger partial charge in [-0.2, -0.15) is 0 Å². The van der Waals surface area contributed by atoms with E-state index in [1.807, 2.05) is 0 Å². The Morgan fingerprint density at radius 1 is 1.21 bits per heavy atom. The molecule has 0 atom stereocenters. The Morgan fingerprint density at radius 2 is 1.89 bits per heavy atom. The first-order valence-electron chi connectivity index (χ1n) is 5.03. The summed E-state index contributed by atoms with van der Waals surface area (Å²) in [6, 6.07) is 3.48. The van der Waals surface area contributed by atoms with Gasteiger partial charge < -0.3 is 9.73 Å². The van der Waals surface area contributed by atoms with E-state index >= 15 is 0 Å². The van der Waals surface area contributed by atoms with Crippen molar-refractivity contribution in [3.8, 4) is 0 Å². The van der Waals surface area contributed by atoms with Crippen molar-refractivity contribution in [2.45, 2.75) is 0 Å². The fraction of sp³-hybridized carbons (Fsp3) is 0.100. The number of nitro groups is 2. The molecule has 2 rings (SSSR count). The molecule has 0 saturated carbocycles. The number of nitrogens with one attached hydrogen (secondary N) is 1. The molecule has 0 saturated heterocycles. The molecule has 9 nitrogen and oxygen atoms in total. The van der Waals surface area contributed by atoms with E-state index in [0.29, 0.717) is 0 Å². The number of hydrogen-bond acceptors (Lipinski definition) is 7. The number of anilines is 1. The molecule has 0 radical (unpaired) electrons. The third kappa shape index (κ3) is 1.97. The SMILES string of the molecule is CNc1c([N+](=O)[O-])c(=O)oc2ccc([N+](=O)[O-])cc12. The van der Waals surface area contributed by atoms with E-state index < -0.39 is 21.2 Å². The molecule has 0 aliphatic carbocycles. The Labute approximate surface area is 104 Å². The molecule has 0 fully saturated rings. The maximum Gasteiger partial charge on any atom is 0.417 e. The minimum absolute atomic E-state index is 0.0329. The molecular weight excluding hydrogens is 258 g/mol. The van der Waals surface area contributed by atoms with E-state index in [-0.39, 0.29) is 22.3 Å². The van der Waals surface area contributed by atoms with Crippen molar-refractivity contribution < 1.29 is 14.3 Å². The van der Waals surface area contributed by atoms with Gasteiger partial charge in [0.2, 0.25) is 0 Å². The van der Waals surface area contributed by atoms with Crippen LogP contribution in [0, 0.1) is 20.2 Å². The van der Waals surface area contributed by atoms with Crippen LogP contribution in [0.5, 0.6) is 0 Å². The first-order valence-corrected chi connectivity index (χ1v) is 5.03. The number of nitrogens with zero attached hydrogens (tertiary/aromatic N) is 2. The van der Waals surface area contributed by atoms with Gasteiger partial charge in [0, 0.05) is 19.2 Å². The summed E-state index contributed by atoms with van der Waals surface area (Å²) in [5, 5.41) is 24.1. The van der Waals surface area contributed by atoms with E-state index in [2.05, 4.69) is 5.32 Å². The standard InChI is InChI=1S/C10H7N3O6/c1-11-8-6-4-5(12(15)16)2-3-7(6)19-10(14)9(8)13(17)18/h2-4,11H,1H3. The molecule has 1 aromatic carbocycles. The van der Waals surface area contributed by atoms with Crippen LogP contribution in [0.4, 0.5) is 17.1 Å². The van der Waals surface area contributed by atoms with E-state index in [1.54, 1.807) is 0 Å². The lowest BCUT2D eigenvalue weighted by molar-refractivity contribution is -0.386. The Morgan fingerprint density at radius 3 is 2.42 bits per heavy atom. The van der Waals surface area contributed by atoms with Gasteiger partial charge in [-0.05, 0) is 6.07 Å². The van der Waals surface area contributed by atoms with Gasteiger partial charge in [-0.1, -0.05) is 0 Å². The van der Waals surface area contributed by atoms with Crippen LogP contribution < -0.4 is 10.9 Å². The average molecular weight is 265 g/mol. The normalized spacial score (nSPS) is 10.4. The lowest BCUT2D eigenvalue weighted by Crippen LogP contribution is -2.10. The minimum atomic E-state index is -1.12. The lowest BCUT2D eigenvalue weighted by Gasteiger charge is -2.04. The van der Waals surface area contributed by atoms with Crippen molar-refractivity contribution in [1.29, 1.82) is 0 Å². The second kappa shape index (κ2) is 4.37. The first-order chi connectivity index (χ1) is 8.95. The van der Waals surface area contributed by atoms with Gasteiger partial charge in [0.1, 0.15) is 11.3 Å². The van der Waals surface area contributed by atoms with Gasteiger partial charge in [-0.25, -0.2) is 4.79 Å². The van der Waals surface area contributed by atoms with Gasteiger partial charge in [-0.3, -0.25) is 20.2 Å². The second-order valence-corrected chi connectivity index (χ2v) is 3.56. The number of hydrogen-bond donors (Lipinski definition) is 1. The summed E-state index contributed by atoms with van der Waals surface area (Å²) in [5.41, 5.74) is -2.23. The molecule has 0 amide bonds. The molecule has 1 aromatic heterocycles. The highest BCUT2D eigenvalue weighted by atomic mass is 16.6. The molecule has 0 aliphatic heterocycles. The summed E-state index contributed by atoms with van der Waals surface area (Å²) in [5.74, 6) is 0. The van der Waals surface area contributed by atoms with Crippen LogP contribution in [0.25, 0.3) is 11.0 Å². The van der Waals surface area contributed by atoms with Crippen molar-refractivity contribution in [3.05, 3.63) is 48.8 Å². The molecule has 1 N–H and O–H groups in total. The van der Waals surface area contributed by atoms with Crippen molar-refractivity contribution in [3.63, 3.8) is 0 Å². The van der Waals surface area contributed by atoms with Crippen LogP contribution >= 0.6 is 0 Å². The first kappa shape index (κ1) is 12.5. The fourth-order valence-corrected chi connectivity index (χ4v) is 1.71. The van der Waals surface area contributed by atoms with Crippen LogP contribution in [-0.2, 0) is 0 Å². The van der Waals surface area contributed by atoms with Crippen molar-refractivity contribution in [1.82, 2.24) is 0 Å². The highest BCUT2D eigenvalue weighted by Gasteiger charge is 2.25. The van der Waals surface area contributed by atoms with Crippen LogP contribution in [-0.4, -0.2) is 16.9 Å². The Hall–Kier alpha value is -2.97. The lowest BCUT2D eigenvalue weighted by atomic mass is 10.1. The number of nitro benzene ring substituents is 1. The number of benzene rings is 1. The summed E-state index contributed by atoms with van der Waals surface area (Å²) in [7, 11) is 1.38. The molecule has 9 heteroatoms. The highest BCUT2D eigenvalue weighted by Crippen LogP contribution is 2.31. The smallest absolute Gasteiger partial charge is 0.417 e. The predicted octanol–water partition coefficient (Wildman–Crippen LogP) is 1.65. The summed E-state index contributed by atoms with van der Waals surface area (Å²) in [6.45, 7) is 0. The zero-order valence-corrected chi connectivity index (χ0v) is 9.58. The summed E-state index contributed by atoms with van der Waals surface area (Å²) in [6.07, 6.45) is 0. The van der Waals surface area contributed by atoms with Crippen molar-refractivity contribution >= 4 is 28.0 Å². The molecule has 1 heterocycles. The van der Waals surface area contributed by atoms with E-state index in [1.165, 1.54) is 13.1 Å². The van der Waals surface area contributed by atoms with Crippen LogP contribution in [0.15, 0.2) is 27.4 Å². The molecule has 2 aromatic rings. The topological polar surface area (TPSA) is 129 Å². The number of rotatable bonds is 3. The van der Waals surface area contributed by atoms with Crippen LogP contribution in [0.1, 0.15) is 0 Å². The van der Waals surface area contributed by atoms with E-state index in [0.717, 1.165) is 12.1 Å². The quantitative estimate of drug-likeness (QED) is 0.507. The zero-order valence-electron chi connectivity index (χ0n) is 9.58. The minimum Gasteiger partial charge on any atom is -0.418 e. The van der Waals surface area contributed by atoms with E-state index in [4.69, 9.17) is 4.42 Å². The van der Waals surface area contributed by atoms with Crippen molar-refractivity contribution in [2.24, 2.45) is 0 Å². The van der Waals surface area contributed by atoms with Crippen molar-refractivity contribution in [2.75, 3.05) is 12.4 Å². The monoisotopic (exact) mass is 265 g/mol. The zero-order chi connectivity index (χ0) is 14.2. The molecular formula is C10H7N3O6. The summed E-state index contributed by atoms with van der Waals surface area (Å²) < 4.78 is 4.77. The predicted molar refractivity (Wildman–Crippen MR) is 65.3 cm³/mol. The molecule has 0 unspecified atom stereocenters. The summed E-state index contributed by atoms with van der Waals surface area (Å²) in [4.78, 5) is 31.5. The maximum absolute atomic E-state index is 11.5. The van der Waals surface area contributed by atoms with Gasteiger partial charge in [-0.15, -0.1) is 0 Å². The van der Waals surface area contributed by atoms with Gasteiger partial charge >= 0.3 is 11.3 Å². The molecule has 98 valence electrons. The maximum atomic E-state index is 11.5. The Bertz CT molecular complexity index is 751. The van der Waals surface area contributed by atoms with Crippen LogP contribution in [0.3, 0.4) is 0 Å². The molecule has 19 heavy (non-hydrogen) atoms. The number of non-ortho nitro benzene ring substituents is 1. The van der Waals surface area contributed by atoms with Gasteiger partial charge in [0.05, 0.1) is 15.2 Å². The van der Waals surface area contributed by atoms with Crippen LogP contribution in [0.2, 0.25) is 0 Å². The third-order valence-electron chi connectivity index (χ3n) is 2.51. The second-order valence-electron chi connectivity index (χ2n) is 3.56. The molecule has 0 aliphatic rings. The Balaban J connectivity index is 2.93. The van der Waals surface area contributed by atoms with Gasteiger partial charge in [0.15, 0.2) is 0 Å². The Kier molecular flexibility index (Phi) is 2.87. The van der Waals surface area contributed by atoms with E-state index in [9.17, 15) is 25.0 Å². The summed E-state index contributed by atoms with van der Waals surface area (Å²) >= 11 is 0. The fourth-order valence-electron chi connectivity index (χ4n) is 1.71. The molecule has 0 bridgehead atoms. The highest BCUT2D eigenvalue weighted by molar-refractivity contribution is 5.95. The largest absolute Gasteiger partial charge is 0.418 e. The van der Waals surface area contributed by atoms with Gasteiger partial charge in [0.25, 0.3) is 5.69 Å². The average Bonchev–Trinajstić information content (AvgIpc) is 2.35. The number of fused-ring (bicyclic) bond motifs is 1.